The Hall–Kier alpha value is -1.46. The maximum Gasteiger partial charge on any atom is -1.00 e. The number of ether oxygens (including phenoxy) is 4. The molecule has 0 heterocycles. The fourth-order valence-electron chi connectivity index (χ4n) is 2.91. The molecule has 0 saturated carbocycles. The van der Waals surface area contributed by atoms with Crippen molar-refractivity contribution in [3.8, 4) is 23.0 Å². The third kappa shape index (κ3) is 8.47. The van der Waals surface area contributed by atoms with Gasteiger partial charge in [-0.1, -0.05) is 24.3 Å². The summed E-state index contributed by atoms with van der Waals surface area (Å²) in [6, 6.07) is 20.2. The van der Waals surface area contributed by atoms with Crippen LogP contribution in [0.2, 0.25) is 13.1 Å². The van der Waals surface area contributed by atoms with Gasteiger partial charge < -0.3 is 43.8 Å². The first-order valence-electron chi connectivity index (χ1n) is 9.50. The molecule has 0 aliphatic rings. The molecule has 0 aliphatic heterocycles. The zero-order chi connectivity index (χ0) is 22.1. The summed E-state index contributed by atoms with van der Waals surface area (Å²) in [5, 5.41) is 4.71. The van der Waals surface area contributed by atoms with Crippen molar-refractivity contribution in [2.45, 2.75) is 13.1 Å². The number of fused-ring (bicyclic) bond motifs is 2. The van der Waals surface area contributed by atoms with Crippen molar-refractivity contribution in [2.75, 3.05) is 28.4 Å². The Morgan fingerprint density at radius 3 is 1.19 bits per heavy atom. The molecule has 4 aromatic rings. The summed E-state index contributed by atoms with van der Waals surface area (Å²) in [5.74, 6) is 3.12. The number of benzene rings is 2. The monoisotopic (exact) mass is 568 g/mol. The number of hydrogen-bond donors (Lipinski definition) is 0. The Kier molecular flexibility index (Phi) is 14.7. The largest absolute Gasteiger partial charge is 1.00 e. The molecular formula is C24H28Cl2O4SiZr-2. The maximum atomic E-state index is 5.19. The van der Waals surface area contributed by atoms with E-state index < -0.39 is 0 Å². The Morgan fingerprint density at radius 2 is 0.906 bits per heavy atom. The van der Waals surface area contributed by atoms with E-state index >= 15 is 0 Å². The fraction of sp³-hybridized carbons (Fsp3) is 0.250. The van der Waals surface area contributed by atoms with Crippen LogP contribution < -0.4 is 43.8 Å². The van der Waals surface area contributed by atoms with Gasteiger partial charge in [0.05, 0.1) is 28.4 Å². The van der Waals surface area contributed by atoms with E-state index in [0.29, 0.717) is 0 Å². The van der Waals surface area contributed by atoms with Gasteiger partial charge in [-0.05, 0) is 0 Å². The first-order chi connectivity index (χ1) is 14.4. The molecule has 0 saturated heterocycles. The minimum atomic E-state index is 0. The van der Waals surface area contributed by atoms with E-state index in [1.54, 1.807) is 51.8 Å². The second kappa shape index (κ2) is 15.4. The summed E-state index contributed by atoms with van der Waals surface area (Å²) in [7, 11) is 6.58. The zero-order valence-electron chi connectivity index (χ0n) is 19.2. The van der Waals surface area contributed by atoms with Gasteiger partial charge in [-0.15, -0.1) is 33.7 Å². The molecule has 172 valence electrons. The Bertz CT molecular complexity index is 946. The normalized spacial score (nSPS) is 9.25. The van der Waals surface area contributed by atoms with Crippen molar-refractivity contribution in [1.82, 2.24) is 0 Å². The minimum absolute atomic E-state index is 0. The van der Waals surface area contributed by atoms with Crippen LogP contribution in [0.4, 0.5) is 0 Å². The minimum Gasteiger partial charge on any atom is -1.00 e. The molecule has 4 nitrogen and oxygen atoms in total. The quantitative estimate of drug-likeness (QED) is 0.255. The van der Waals surface area contributed by atoms with Gasteiger partial charge in [0, 0.05) is 0 Å². The summed E-state index contributed by atoms with van der Waals surface area (Å²) in [5.41, 5.74) is 0.210. The zero-order valence-corrected chi connectivity index (χ0v) is 24.1. The van der Waals surface area contributed by atoms with Gasteiger partial charge in [-0.25, -0.2) is 0 Å². The van der Waals surface area contributed by atoms with E-state index in [-0.39, 0.29) is 30.2 Å². The molecular weight excluding hydrogens is 542 g/mol. The predicted molar refractivity (Wildman–Crippen MR) is 123 cm³/mol. The van der Waals surface area contributed by atoms with E-state index in [1.807, 2.05) is 36.4 Å². The van der Waals surface area contributed by atoms with E-state index in [4.69, 9.17) is 18.9 Å². The van der Waals surface area contributed by atoms with Gasteiger partial charge in [0.2, 0.25) is 0 Å². The SMILES string of the molecule is COc1cc2cc[cH-]c2cc1OC.COc1cc2cc[cH-]c2cc1OC.C[Si](C)=[Zr+2].[Cl-].[Cl-]. The van der Waals surface area contributed by atoms with E-state index in [9.17, 15) is 0 Å². The van der Waals surface area contributed by atoms with Crippen molar-refractivity contribution in [3.63, 3.8) is 0 Å². The molecule has 0 atom stereocenters. The van der Waals surface area contributed by atoms with Crippen molar-refractivity contribution in [2.24, 2.45) is 0 Å². The molecule has 0 aromatic heterocycles. The standard InChI is InChI=1S/2C11H11O2.C2H6Si.2ClH.Zr/c2*1-12-10-6-8-4-3-5-9(8)7-11(10)13-2;1-3-2;;;/h2*3-7H,1-2H3;1-2H3;2*1H;/q2*-1;;;;+2/p-2. The smallest absolute Gasteiger partial charge is 1.00 e. The Balaban J connectivity index is 0.000000490. The van der Waals surface area contributed by atoms with Crippen molar-refractivity contribution in [1.29, 1.82) is 0 Å². The predicted octanol–water partition coefficient (Wildman–Crippen LogP) is -0.0559. The molecule has 0 aliphatic carbocycles. The third-order valence-corrected chi connectivity index (χ3v) is 4.28. The van der Waals surface area contributed by atoms with E-state index in [0.717, 1.165) is 23.0 Å². The molecule has 32 heavy (non-hydrogen) atoms. The van der Waals surface area contributed by atoms with Crippen molar-refractivity contribution >= 4 is 27.0 Å². The first-order valence-corrected chi connectivity index (χ1v) is 15.7. The summed E-state index contributed by atoms with van der Waals surface area (Å²) >= 11 is 1.74. The van der Waals surface area contributed by atoms with Gasteiger partial charge >= 0.3 is 41.9 Å². The van der Waals surface area contributed by atoms with Crippen molar-refractivity contribution < 1.29 is 67.1 Å². The summed E-state index contributed by atoms with van der Waals surface area (Å²) < 4.78 is 20.8. The van der Waals surface area contributed by atoms with Crippen LogP contribution in [0.25, 0.3) is 21.5 Å². The molecule has 0 radical (unpaired) electrons. The molecule has 4 rings (SSSR count). The molecule has 0 N–H and O–H groups in total. The average Bonchev–Trinajstić information content (AvgIpc) is 3.39. The molecule has 0 bridgehead atoms. The van der Waals surface area contributed by atoms with Crippen LogP contribution in [0.1, 0.15) is 0 Å². The molecule has 4 aromatic carbocycles. The van der Waals surface area contributed by atoms with Crippen molar-refractivity contribution in [3.05, 3.63) is 60.7 Å². The molecule has 0 fully saturated rings. The van der Waals surface area contributed by atoms with Crippen LogP contribution in [0.5, 0.6) is 23.0 Å². The Morgan fingerprint density at radius 1 is 0.625 bits per heavy atom. The first kappa shape index (κ1) is 30.5. The van der Waals surface area contributed by atoms with Crippen LogP contribution in [0, 0.1) is 0 Å². The summed E-state index contributed by atoms with van der Waals surface area (Å²) in [6.45, 7) is 4.62. The molecule has 0 unspecified atom stereocenters. The summed E-state index contributed by atoms with van der Waals surface area (Å²) in [6.07, 6.45) is 0. The Labute approximate surface area is 218 Å². The third-order valence-electron chi connectivity index (χ3n) is 4.28. The molecule has 0 spiro atoms. The van der Waals surface area contributed by atoms with E-state index in [1.165, 1.54) is 21.5 Å². The van der Waals surface area contributed by atoms with Crippen LogP contribution in [0.15, 0.2) is 60.7 Å². The van der Waals surface area contributed by atoms with Gasteiger partial charge in [-0.3, -0.25) is 0 Å². The van der Waals surface area contributed by atoms with Gasteiger partial charge in [0.15, 0.2) is 0 Å². The topological polar surface area (TPSA) is 36.9 Å². The molecule has 8 heteroatoms. The number of hydrogen-bond acceptors (Lipinski definition) is 4. The van der Waals surface area contributed by atoms with Crippen LogP contribution in [-0.4, -0.2) is 33.9 Å². The number of rotatable bonds is 4. The van der Waals surface area contributed by atoms with Crippen LogP contribution in [0.3, 0.4) is 0 Å². The van der Waals surface area contributed by atoms with Gasteiger partial charge in [0.25, 0.3) is 0 Å². The maximum absolute atomic E-state index is 5.19. The molecule has 0 amide bonds. The van der Waals surface area contributed by atoms with Crippen LogP contribution >= 0.6 is 0 Å². The van der Waals surface area contributed by atoms with Gasteiger partial charge in [-0.2, -0.15) is 24.3 Å². The van der Waals surface area contributed by atoms with Crippen LogP contribution in [-0.2, 0) is 23.3 Å². The summed E-state index contributed by atoms with van der Waals surface area (Å²) in [4.78, 5) is 0. The number of methoxy groups -OCH3 is 4. The number of halogens is 2. The fourth-order valence-corrected chi connectivity index (χ4v) is 2.91. The second-order valence-corrected chi connectivity index (χ2v) is 16.1. The van der Waals surface area contributed by atoms with Gasteiger partial charge in [0.1, 0.15) is 23.0 Å². The average molecular weight is 571 g/mol. The van der Waals surface area contributed by atoms with E-state index in [2.05, 4.69) is 37.4 Å². The second-order valence-electron chi connectivity index (χ2n) is 6.72.